The number of aliphatic carboxylic acids is 1. The molecule has 0 rings (SSSR count). The van der Waals surface area contributed by atoms with Gasteiger partial charge in [0.05, 0.1) is 6.61 Å². The highest BCUT2D eigenvalue weighted by molar-refractivity contribution is 7.64. The van der Waals surface area contributed by atoms with Crippen molar-refractivity contribution in [2.75, 3.05) is 19.4 Å². The zero-order chi connectivity index (χ0) is 35.2. The zero-order valence-electron chi connectivity index (χ0n) is 29.1. The number of carbonyl (C=O) groups excluding carboxylic acids is 2. The molecule has 278 valence electrons. The van der Waals surface area contributed by atoms with Crippen molar-refractivity contribution in [1.82, 2.24) is 0 Å². The highest BCUT2D eigenvalue weighted by atomic mass is 31.3. The Labute approximate surface area is 283 Å². The van der Waals surface area contributed by atoms with Gasteiger partial charge < -0.3 is 28.9 Å². The maximum Gasteiger partial charge on any atom is 0.476 e. The van der Waals surface area contributed by atoms with Crippen LogP contribution < -0.4 is 0 Å². The van der Waals surface area contributed by atoms with Crippen molar-refractivity contribution >= 4 is 33.3 Å². The van der Waals surface area contributed by atoms with Gasteiger partial charge in [0.2, 0.25) is 0 Å². The summed E-state index contributed by atoms with van der Waals surface area (Å²) < 4.78 is 43.8. The molecule has 12 nitrogen and oxygen atoms in total. The molecule has 3 N–H and O–H groups in total. The molecule has 0 aromatic carbocycles. The lowest BCUT2D eigenvalue weighted by molar-refractivity contribution is -0.161. The second kappa shape index (κ2) is 29.6. The van der Waals surface area contributed by atoms with Gasteiger partial charge in [0.1, 0.15) is 12.8 Å². The smallest absolute Gasteiger partial charge is 0.476 e. The molecule has 0 spiro atoms. The molecule has 47 heavy (non-hydrogen) atoms. The third-order valence-electron chi connectivity index (χ3n) is 7.71. The lowest BCUT2D eigenvalue weighted by atomic mass is 10.1. The molecule has 0 amide bonds. The van der Waals surface area contributed by atoms with E-state index in [0.29, 0.717) is 12.8 Å². The zero-order valence-corrected chi connectivity index (χ0v) is 30.9. The van der Waals surface area contributed by atoms with Gasteiger partial charge in [-0.1, -0.05) is 142 Å². The number of carboxylic acids is 1. The van der Waals surface area contributed by atoms with Crippen LogP contribution in [0.3, 0.4) is 0 Å². The van der Waals surface area contributed by atoms with Gasteiger partial charge in [-0.2, -0.15) is 0 Å². The summed E-state index contributed by atoms with van der Waals surface area (Å²) in [6.07, 6.45) is 22.3. The molecule has 2 atom stereocenters. The number of hydrogen-bond donors (Lipinski definition) is 3. The molecule has 0 saturated carbocycles. The Balaban J connectivity index is 4.67. The summed E-state index contributed by atoms with van der Waals surface area (Å²) in [6, 6.07) is 0. The van der Waals surface area contributed by atoms with Crippen molar-refractivity contribution in [3.8, 4) is 0 Å². The van der Waals surface area contributed by atoms with Gasteiger partial charge >= 0.3 is 33.3 Å². The van der Waals surface area contributed by atoms with Gasteiger partial charge in [-0.3, -0.25) is 18.9 Å². The van der Waals surface area contributed by atoms with Crippen LogP contribution in [-0.2, 0) is 41.8 Å². The average molecular weight is 715 g/mol. The number of phosphoric acid groups is 1. The Kier molecular flexibility index (Phi) is 28.8. The van der Waals surface area contributed by atoms with Crippen LogP contribution in [0, 0.1) is 0 Å². The Morgan fingerprint density at radius 1 is 0.574 bits per heavy atom. The minimum atomic E-state index is -5.37. The Bertz CT molecular complexity index is 908. The number of esters is 2. The molecule has 0 heterocycles. The largest absolute Gasteiger partial charge is 0.481 e. The van der Waals surface area contributed by atoms with Crippen LogP contribution in [-0.4, -0.2) is 58.3 Å². The van der Waals surface area contributed by atoms with E-state index in [1.807, 2.05) is 0 Å². The molecule has 0 radical (unpaired) electrons. The fourth-order valence-electron chi connectivity index (χ4n) is 5.11. The van der Waals surface area contributed by atoms with Crippen LogP contribution in [0.15, 0.2) is 0 Å². The molecule has 0 aromatic heterocycles. The highest BCUT2D eigenvalue weighted by Gasteiger charge is 2.37. The predicted molar refractivity (Wildman–Crippen MR) is 182 cm³/mol. The van der Waals surface area contributed by atoms with Gasteiger partial charge in [0.25, 0.3) is 0 Å². The Morgan fingerprint density at radius 2 is 0.957 bits per heavy atom. The summed E-state index contributed by atoms with van der Waals surface area (Å²) in [5.41, 5.74) is 0. The minimum Gasteiger partial charge on any atom is -0.481 e. The minimum absolute atomic E-state index is 0.0893. The van der Waals surface area contributed by atoms with E-state index in [1.54, 1.807) is 0 Å². The number of carbonyl (C=O) groups is 3. The van der Waals surface area contributed by atoms with Crippen molar-refractivity contribution < 1.29 is 56.7 Å². The third-order valence-corrected chi connectivity index (χ3v) is 10.8. The molecule has 0 saturated heterocycles. The van der Waals surface area contributed by atoms with Crippen LogP contribution in [0.25, 0.3) is 0 Å². The summed E-state index contributed by atoms with van der Waals surface area (Å²) in [7, 11) is -10.2. The van der Waals surface area contributed by atoms with Gasteiger partial charge in [-0.15, -0.1) is 0 Å². The second-order valence-electron chi connectivity index (χ2n) is 12.4. The van der Waals surface area contributed by atoms with E-state index in [9.17, 15) is 23.5 Å². The summed E-state index contributed by atoms with van der Waals surface area (Å²) >= 11 is 0. The van der Waals surface area contributed by atoms with Crippen LogP contribution in [0.5, 0.6) is 0 Å². The van der Waals surface area contributed by atoms with Crippen LogP contribution in [0.2, 0.25) is 0 Å². The fourth-order valence-corrected chi connectivity index (χ4v) is 7.64. The maximum atomic E-state index is 12.7. The summed E-state index contributed by atoms with van der Waals surface area (Å²) in [5.74, 6) is -2.81. The number of rotatable bonds is 34. The molecule has 0 fully saturated rings. The van der Waals surface area contributed by atoms with Gasteiger partial charge in [-0.25, -0.2) is 8.88 Å². The second-order valence-corrected chi connectivity index (χ2v) is 15.8. The van der Waals surface area contributed by atoms with E-state index in [1.165, 1.54) is 83.5 Å². The molecule has 14 heteroatoms. The molecule has 0 aliphatic carbocycles. The first-order chi connectivity index (χ1) is 22.4. The SMILES string of the molecule is CCCCCCCCCCCCCC(=O)OC[C@H](COP(=O)(CC(=O)O)OP(=O)(O)O)OC(=O)CCCCCCCCCCCCC. The summed E-state index contributed by atoms with van der Waals surface area (Å²) in [6.45, 7) is 3.20. The third kappa shape index (κ3) is 31.7. The summed E-state index contributed by atoms with van der Waals surface area (Å²) in [4.78, 5) is 54.2. The van der Waals surface area contributed by atoms with Crippen molar-refractivity contribution in [3.63, 3.8) is 0 Å². The first kappa shape index (κ1) is 45.7. The Hall–Kier alpha value is -1.29. The first-order valence-electron chi connectivity index (χ1n) is 18.0. The quantitative estimate of drug-likeness (QED) is 0.0327. The topological polar surface area (TPSA) is 183 Å². The van der Waals surface area contributed by atoms with Crippen molar-refractivity contribution in [2.24, 2.45) is 0 Å². The lowest BCUT2D eigenvalue weighted by Gasteiger charge is -2.22. The normalized spacial score (nSPS) is 13.6. The molecule has 0 aromatic rings. The lowest BCUT2D eigenvalue weighted by Crippen LogP contribution is -2.30. The highest BCUT2D eigenvalue weighted by Crippen LogP contribution is 2.60. The van der Waals surface area contributed by atoms with E-state index in [2.05, 4.69) is 18.2 Å². The first-order valence-corrected chi connectivity index (χ1v) is 21.2. The van der Waals surface area contributed by atoms with E-state index in [0.717, 1.165) is 44.9 Å². The van der Waals surface area contributed by atoms with E-state index < -0.39 is 58.8 Å². The van der Waals surface area contributed by atoms with Gasteiger partial charge in [0, 0.05) is 12.8 Å². The van der Waals surface area contributed by atoms with Crippen molar-refractivity contribution in [3.05, 3.63) is 0 Å². The van der Waals surface area contributed by atoms with E-state index in [4.69, 9.17) is 28.9 Å². The molecular weight excluding hydrogens is 650 g/mol. The molecule has 0 aliphatic rings. The molecule has 0 aliphatic heterocycles. The average Bonchev–Trinajstić information content (AvgIpc) is 2.98. The summed E-state index contributed by atoms with van der Waals surface area (Å²) in [5, 5.41) is 9.03. The number of carboxylic acid groups (broad SMARTS) is 1. The molecule has 1 unspecified atom stereocenters. The van der Waals surface area contributed by atoms with Crippen molar-refractivity contribution in [2.45, 2.75) is 174 Å². The van der Waals surface area contributed by atoms with Crippen LogP contribution in [0.1, 0.15) is 168 Å². The van der Waals surface area contributed by atoms with Crippen LogP contribution in [0.4, 0.5) is 0 Å². The standard InChI is InChI=1S/C33H64O12P2/c1-3-5-7-9-11-13-15-17-19-21-23-25-32(36)42-27-30(28-43-46(38,29-31(34)35)45-47(39,40)41)44-33(37)26-24-22-20-18-16-14-12-10-8-6-4-2/h30H,3-29H2,1-2H3,(H,34,35)(H2,39,40,41)/t30-,46?/m1/s1. The van der Waals surface area contributed by atoms with Gasteiger partial charge in [0.15, 0.2) is 6.10 Å². The molecule has 0 bridgehead atoms. The monoisotopic (exact) mass is 714 g/mol. The number of hydrogen-bond acceptors (Lipinski definition) is 9. The van der Waals surface area contributed by atoms with Crippen molar-refractivity contribution in [1.29, 1.82) is 0 Å². The van der Waals surface area contributed by atoms with Crippen LogP contribution >= 0.6 is 15.4 Å². The maximum absolute atomic E-state index is 12.7. The number of unbranched alkanes of at least 4 members (excludes halogenated alkanes) is 20. The number of ether oxygens (including phenoxy) is 2. The van der Waals surface area contributed by atoms with Gasteiger partial charge in [-0.05, 0) is 12.8 Å². The predicted octanol–water partition coefficient (Wildman–Crippen LogP) is 9.25. The molecular formula is C33H64O12P2. The fraction of sp³-hybridized carbons (Fsp3) is 0.909. The van der Waals surface area contributed by atoms with E-state index in [-0.39, 0.29) is 12.8 Å². The van der Waals surface area contributed by atoms with E-state index >= 15 is 0 Å². The Morgan fingerprint density at radius 3 is 1.34 bits per heavy atom.